The van der Waals surface area contributed by atoms with Crippen LogP contribution in [-0.2, 0) is 9.53 Å². The molecule has 2 aliphatic rings. The maximum atomic E-state index is 12.4. The van der Waals surface area contributed by atoms with Gasteiger partial charge < -0.3 is 24.6 Å². The highest BCUT2D eigenvalue weighted by Crippen LogP contribution is 2.16. The molecule has 1 N–H and O–H groups in total. The topological polar surface area (TPSA) is 66.4 Å². The van der Waals surface area contributed by atoms with Crippen LogP contribution in [0.3, 0.4) is 0 Å². The van der Waals surface area contributed by atoms with Crippen LogP contribution in [0.15, 0.2) is 35.3 Å². The van der Waals surface area contributed by atoms with Crippen LogP contribution in [0, 0.1) is 0 Å². The van der Waals surface area contributed by atoms with E-state index >= 15 is 0 Å². The number of para-hydroxylation sites is 1. The summed E-state index contributed by atoms with van der Waals surface area (Å²) < 4.78 is 11.2. The zero-order valence-corrected chi connectivity index (χ0v) is 18.1. The van der Waals surface area contributed by atoms with Gasteiger partial charge in [0.15, 0.2) is 5.96 Å². The Hall–Kier alpha value is -1.55. The molecule has 1 aromatic carbocycles. The molecule has 27 heavy (non-hydrogen) atoms. The highest BCUT2D eigenvalue weighted by atomic mass is 127. The molecule has 0 bridgehead atoms. The van der Waals surface area contributed by atoms with Crippen LogP contribution in [0.2, 0.25) is 0 Å². The SMILES string of the molecule is CN=C(NCCOc1ccccc1)N1CCN(C(=O)C2CCCO2)CC1.I. The van der Waals surface area contributed by atoms with Crippen LogP contribution in [-0.4, -0.2) is 80.8 Å². The minimum Gasteiger partial charge on any atom is -0.492 e. The molecule has 2 fully saturated rings. The first-order chi connectivity index (χ1) is 12.8. The van der Waals surface area contributed by atoms with Crippen LogP contribution in [0.25, 0.3) is 0 Å². The van der Waals surface area contributed by atoms with Crippen molar-refractivity contribution in [2.24, 2.45) is 4.99 Å². The molecule has 7 nitrogen and oxygen atoms in total. The number of nitrogens with zero attached hydrogens (tertiary/aromatic N) is 3. The van der Waals surface area contributed by atoms with Gasteiger partial charge in [-0.25, -0.2) is 0 Å². The lowest BCUT2D eigenvalue weighted by atomic mass is 10.2. The third-order valence-corrected chi connectivity index (χ3v) is 4.70. The van der Waals surface area contributed by atoms with Crippen LogP contribution >= 0.6 is 24.0 Å². The Kier molecular flexibility index (Phi) is 9.12. The smallest absolute Gasteiger partial charge is 0.251 e. The number of rotatable bonds is 5. The summed E-state index contributed by atoms with van der Waals surface area (Å²) in [7, 11) is 1.78. The van der Waals surface area contributed by atoms with Gasteiger partial charge in [-0.3, -0.25) is 9.79 Å². The molecular weight excluding hydrogens is 459 g/mol. The van der Waals surface area contributed by atoms with Crippen molar-refractivity contribution in [2.75, 3.05) is 53.0 Å². The number of piperazine rings is 1. The zero-order chi connectivity index (χ0) is 18.2. The lowest BCUT2D eigenvalue weighted by Gasteiger charge is -2.37. The Morgan fingerprint density at radius 2 is 1.93 bits per heavy atom. The number of hydrogen-bond acceptors (Lipinski definition) is 4. The van der Waals surface area contributed by atoms with Gasteiger partial charge in [0, 0.05) is 39.8 Å². The second-order valence-corrected chi connectivity index (χ2v) is 6.45. The van der Waals surface area contributed by atoms with Crippen molar-refractivity contribution in [3.63, 3.8) is 0 Å². The van der Waals surface area contributed by atoms with Gasteiger partial charge in [0.2, 0.25) is 0 Å². The Labute approximate surface area is 178 Å². The summed E-state index contributed by atoms with van der Waals surface area (Å²) >= 11 is 0. The Bertz CT molecular complexity index is 600. The molecule has 1 unspecified atom stereocenters. The van der Waals surface area contributed by atoms with E-state index in [4.69, 9.17) is 9.47 Å². The maximum Gasteiger partial charge on any atom is 0.251 e. The molecule has 8 heteroatoms. The van der Waals surface area contributed by atoms with Crippen molar-refractivity contribution < 1.29 is 14.3 Å². The molecule has 2 saturated heterocycles. The molecule has 1 atom stereocenters. The van der Waals surface area contributed by atoms with Gasteiger partial charge in [-0.05, 0) is 25.0 Å². The number of halogens is 1. The van der Waals surface area contributed by atoms with Gasteiger partial charge in [0.1, 0.15) is 18.5 Å². The molecule has 1 amide bonds. The number of aliphatic imine (C=N–C) groups is 1. The quantitative estimate of drug-likeness (QED) is 0.295. The van der Waals surface area contributed by atoms with Crippen molar-refractivity contribution in [3.05, 3.63) is 30.3 Å². The Balaban J connectivity index is 0.00000261. The van der Waals surface area contributed by atoms with Crippen molar-refractivity contribution in [3.8, 4) is 5.75 Å². The predicted octanol–water partition coefficient (Wildman–Crippen LogP) is 1.58. The Morgan fingerprint density at radius 3 is 2.56 bits per heavy atom. The number of carbonyl (C=O) groups is 1. The lowest BCUT2D eigenvalue weighted by molar-refractivity contribution is -0.142. The van der Waals surface area contributed by atoms with E-state index in [0.29, 0.717) is 32.8 Å². The summed E-state index contributed by atoms with van der Waals surface area (Å²) in [6.45, 7) is 4.92. The molecule has 0 saturated carbocycles. The fraction of sp³-hybridized carbons (Fsp3) is 0.579. The standard InChI is InChI=1S/C19H28N4O3.HI/c1-20-19(21-9-15-25-16-6-3-2-4-7-16)23-12-10-22(11-13-23)18(24)17-8-5-14-26-17;/h2-4,6-7,17H,5,8-15H2,1H3,(H,20,21);1H. The van der Waals surface area contributed by atoms with Crippen LogP contribution in [0.4, 0.5) is 0 Å². The molecule has 0 aliphatic carbocycles. The van der Waals surface area contributed by atoms with E-state index in [-0.39, 0.29) is 36.0 Å². The number of carbonyl (C=O) groups excluding carboxylic acids is 1. The normalized spacial score (nSPS) is 20.2. The first kappa shape index (κ1) is 21.7. The molecule has 150 valence electrons. The highest BCUT2D eigenvalue weighted by Gasteiger charge is 2.30. The van der Waals surface area contributed by atoms with Crippen LogP contribution in [0.5, 0.6) is 5.75 Å². The number of nitrogens with one attached hydrogen (secondary N) is 1. The van der Waals surface area contributed by atoms with E-state index in [2.05, 4.69) is 15.2 Å². The molecule has 0 spiro atoms. The van der Waals surface area contributed by atoms with Gasteiger partial charge in [0.05, 0.1) is 6.54 Å². The largest absolute Gasteiger partial charge is 0.492 e. The monoisotopic (exact) mass is 488 g/mol. The number of hydrogen-bond donors (Lipinski definition) is 1. The lowest BCUT2D eigenvalue weighted by Crippen LogP contribution is -2.55. The number of amides is 1. The van der Waals surface area contributed by atoms with E-state index in [1.54, 1.807) is 7.05 Å². The highest BCUT2D eigenvalue weighted by molar-refractivity contribution is 14.0. The first-order valence-corrected chi connectivity index (χ1v) is 9.32. The van der Waals surface area contributed by atoms with Crippen molar-refractivity contribution in [1.29, 1.82) is 0 Å². The average Bonchev–Trinajstić information content (AvgIpc) is 3.23. The summed E-state index contributed by atoms with van der Waals surface area (Å²) in [4.78, 5) is 20.9. The number of ether oxygens (including phenoxy) is 2. The molecule has 3 rings (SSSR count). The fourth-order valence-corrected chi connectivity index (χ4v) is 3.30. The van der Waals surface area contributed by atoms with Gasteiger partial charge in [-0.1, -0.05) is 18.2 Å². The number of guanidine groups is 1. The van der Waals surface area contributed by atoms with Gasteiger partial charge in [-0.2, -0.15) is 0 Å². The van der Waals surface area contributed by atoms with Gasteiger partial charge in [0.25, 0.3) is 5.91 Å². The summed E-state index contributed by atoms with van der Waals surface area (Å²) in [5.74, 6) is 1.86. The molecule has 0 radical (unpaired) electrons. The predicted molar refractivity (Wildman–Crippen MR) is 116 cm³/mol. The number of benzene rings is 1. The van der Waals surface area contributed by atoms with Gasteiger partial charge in [-0.15, -0.1) is 24.0 Å². The Morgan fingerprint density at radius 1 is 1.22 bits per heavy atom. The molecule has 0 aromatic heterocycles. The van der Waals surface area contributed by atoms with Crippen LogP contribution < -0.4 is 10.1 Å². The second-order valence-electron chi connectivity index (χ2n) is 6.45. The second kappa shape index (κ2) is 11.3. The zero-order valence-electron chi connectivity index (χ0n) is 15.8. The first-order valence-electron chi connectivity index (χ1n) is 9.32. The molecule has 2 heterocycles. The summed E-state index contributed by atoms with van der Waals surface area (Å²) in [6.07, 6.45) is 1.61. The molecular formula is C19H29IN4O3. The minimum absolute atomic E-state index is 0. The summed E-state index contributed by atoms with van der Waals surface area (Å²) in [5.41, 5.74) is 0. The van der Waals surface area contributed by atoms with E-state index in [9.17, 15) is 4.79 Å². The average molecular weight is 488 g/mol. The van der Waals surface area contributed by atoms with E-state index in [1.807, 2.05) is 35.2 Å². The van der Waals surface area contributed by atoms with E-state index < -0.39 is 0 Å². The summed E-state index contributed by atoms with van der Waals surface area (Å²) in [5, 5.41) is 3.33. The molecule has 2 aliphatic heterocycles. The van der Waals surface area contributed by atoms with Crippen molar-refractivity contribution in [2.45, 2.75) is 18.9 Å². The summed E-state index contributed by atoms with van der Waals surface area (Å²) in [6, 6.07) is 9.77. The maximum absolute atomic E-state index is 12.4. The van der Waals surface area contributed by atoms with Crippen molar-refractivity contribution >= 4 is 35.8 Å². The molecule has 1 aromatic rings. The minimum atomic E-state index is -0.228. The third-order valence-electron chi connectivity index (χ3n) is 4.70. The van der Waals surface area contributed by atoms with E-state index in [0.717, 1.165) is 37.6 Å². The van der Waals surface area contributed by atoms with E-state index in [1.165, 1.54) is 0 Å². The van der Waals surface area contributed by atoms with Gasteiger partial charge >= 0.3 is 0 Å². The fourth-order valence-electron chi connectivity index (χ4n) is 3.30. The third kappa shape index (κ3) is 6.24. The van der Waals surface area contributed by atoms with Crippen LogP contribution in [0.1, 0.15) is 12.8 Å². The van der Waals surface area contributed by atoms with Crippen molar-refractivity contribution in [1.82, 2.24) is 15.1 Å².